The standard InChI is InChI=1S/C16H8F10N2O2/c1-2-30-8(3-9(29)14(20,15(21,22)23)16(24,25)26)10-11(17)6(4-27)7(5-28)12(18)13(10)19/h3,8,29H,2H2,1H3/b9-3-. The fourth-order valence-corrected chi connectivity index (χ4v) is 2.24. The second kappa shape index (κ2) is 8.39. The fraction of sp³-hybridized carbons (Fsp3) is 0.375. The van der Waals surface area contributed by atoms with Crippen LogP contribution in [0.1, 0.15) is 29.7 Å². The molecule has 0 bridgehead atoms. The van der Waals surface area contributed by atoms with Crippen LogP contribution in [0.3, 0.4) is 0 Å². The molecular formula is C16H8F10N2O2. The van der Waals surface area contributed by atoms with Gasteiger partial charge in [-0.1, -0.05) is 0 Å². The number of aliphatic hydroxyl groups excluding tert-OH is 1. The minimum Gasteiger partial charge on any atom is -0.508 e. The van der Waals surface area contributed by atoms with Gasteiger partial charge in [0.2, 0.25) is 0 Å². The van der Waals surface area contributed by atoms with E-state index in [9.17, 15) is 49.0 Å². The molecule has 4 nitrogen and oxygen atoms in total. The predicted octanol–water partition coefficient (Wildman–Crippen LogP) is 5.20. The van der Waals surface area contributed by atoms with E-state index in [1.165, 1.54) is 0 Å². The van der Waals surface area contributed by atoms with Crippen molar-refractivity contribution in [1.29, 1.82) is 10.5 Å². The topological polar surface area (TPSA) is 77.0 Å². The van der Waals surface area contributed by atoms with Gasteiger partial charge >= 0.3 is 18.0 Å². The number of benzene rings is 1. The Morgan fingerprint density at radius 2 is 1.37 bits per heavy atom. The summed E-state index contributed by atoms with van der Waals surface area (Å²) in [6.07, 6.45) is -16.9. The predicted molar refractivity (Wildman–Crippen MR) is 76.8 cm³/mol. The van der Waals surface area contributed by atoms with Gasteiger partial charge in [0, 0.05) is 6.61 Å². The molecule has 1 atom stereocenters. The number of ether oxygens (including phenoxy) is 1. The highest BCUT2D eigenvalue weighted by atomic mass is 19.4. The molecule has 0 amide bonds. The maximum atomic E-state index is 14.4. The average molecular weight is 450 g/mol. The van der Waals surface area contributed by atoms with E-state index in [-0.39, 0.29) is 0 Å². The minimum absolute atomic E-state index is 0.668. The van der Waals surface area contributed by atoms with E-state index >= 15 is 0 Å². The summed E-state index contributed by atoms with van der Waals surface area (Å²) in [4.78, 5) is 0. The molecule has 0 saturated carbocycles. The lowest BCUT2D eigenvalue weighted by Crippen LogP contribution is -2.54. The molecule has 0 aliphatic heterocycles. The van der Waals surface area contributed by atoms with E-state index < -0.39 is 76.7 Å². The molecule has 0 saturated heterocycles. The Bertz CT molecular complexity index is 924. The van der Waals surface area contributed by atoms with Crippen LogP contribution in [0.25, 0.3) is 0 Å². The summed E-state index contributed by atoms with van der Waals surface area (Å²) < 4.78 is 137. The molecule has 1 aromatic carbocycles. The zero-order chi connectivity index (χ0) is 23.7. The van der Waals surface area contributed by atoms with Gasteiger partial charge in [0.25, 0.3) is 0 Å². The zero-order valence-corrected chi connectivity index (χ0v) is 14.4. The third-order valence-electron chi connectivity index (χ3n) is 3.65. The minimum atomic E-state index is -6.76. The molecule has 0 aliphatic rings. The van der Waals surface area contributed by atoms with Crippen LogP contribution in [0.4, 0.5) is 43.9 Å². The normalized spacial score (nSPS) is 14.2. The first-order valence-electron chi connectivity index (χ1n) is 7.45. The highest BCUT2D eigenvalue weighted by Crippen LogP contribution is 2.50. The molecule has 164 valence electrons. The third kappa shape index (κ3) is 4.00. The summed E-state index contributed by atoms with van der Waals surface area (Å²) in [7, 11) is 0. The van der Waals surface area contributed by atoms with Crippen LogP contribution >= 0.6 is 0 Å². The molecule has 14 heteroatoms. The Morgan fingerprint density at radius 1 is 0.933 bits per heavy atom. The van der Waals surface area contributed by atoms with E-state index in [0.29, 0.717) is 0 Å². The number of hydrogen-bond donors (Lipinski definition) is 1. The van der Waals surface area contributed by atoms with Gasteiger partial charge in [-0.05, 0) is 13.0 Å². The van der Waals surface area contributed by atoms with Crippen molar-refractivity contribution in [1.82, 2.24) is 0 Å². The number of nitrogens with zero attached hydrogens (tertiary/aromatic N) is 2. The van der Waals surface area contributed by atoms with Gasteiger partial charge in [0.05, 0.1) is 5.56 Å². The molecule has 0 radical (unpaired) electrons. The number of halogens is 10. The second-order valence-corrected chi connectivity index (χ2v) is 5.41. The van der Waals surface area contributed by atoms with Crippen molar-refractivity contribution in [3.05, 3.63) is 46.0 Å². The summed E-state index contributed by atoms with van der Waals surface area (Å²) in [5.74, 6) is -9.64. The van der Waals surface area contributed by atoms with Crippen LogP contribution in [0.15, 0.2) is 11.8 Å². The highest BCUT2D eigenvalue weighted by Gasteiger charge is 2.75. The molecular weight excluding hydrogens is 442 g/mol. The Hall–Kier alpha value is -3.00. The Morgan fingerprint density at radius 3 is 1.73 bits per heavy atom. The summed E-state index contributed by atoms with van der Waals surface area (Å²) in [5, 5.41) is 26.8. The van der Waals surface area contributed by atoms with Gasteiger partial charge in [-0.3, -0.25) is 0 Å². The molecule has 1 unspecified atom stereocenters. The molecule has 1 aromatic rings. The Balaban J connectivity index is 3.88. The summed E-state index contributed by atoms with van der Waals surface area (Å²) >= 11 is 0. The monoisotopic (exact) mass is 450 g/mol. The Kier molecular flexibility index (Phi) is 7.01. The number of nitriles is 2. The van der Waals surface area contributed by atoms with Gasteiger partial charge in [0.15, 0.2) is 17.5 Å². The third-order valence-corrected chi connectivity index (χ3v) is 3.65. The molecule has 0 fully saturated rings. The number of aliphatic hydroxyl groups is 1. The quantitative estimate of drug-likeness (QED) is 0.380. The highest BCUT2D eigenvalue weighted by molar-refractivity contribution is 5.51. The van der Waals surface area contributed by atoms with Crippen molar-refractivity contribution in [2.75, 3.05) is 6.61 Å². The summed E-state index contributed by atoms with van der Waals surface area (Å²) in [5.41, 5.74) is -11.0. The largest absolute Gasteiger partial charge is 0.508 e. The lowest BCUT2D eigenvalue weighted by atomic mass is 9.95. The van der Waals surface area contributed by atoms with Crippen LogP contribution in [0.2, 0.25) is 0 Å². The van der Waals surface area contributed by atoms with Gasteiger partial charge in [-0.2, -0.15) is 36.9 Å². The summed E-state index contributed by atoms with van der Waals surface area (Å²) in [6, 6.07) is 1.93. The lowest BCUT2D eigenvalue weighted by molar-refractivity contribution is -0.334. The second-order valence-electron chi connectivity index (χ2n) is 5.41. The van der Waals surface area contributed by atoms with Crippen LogP contribution in [0, 0.1) is 40.1 Å². The van der Waals surface area contributed by atoms with Crippen molar-refractivity contribution >= 4 is 0 Å². The van der Waals surface area contributed by atoms with Gasteiger partial charge in [0.1, 0.15) is 35.1 Å². The number of rotatable bonds is 5. The van der Waals surface area contributed by atoms with Crippen LogP contribution in [-0.2, 0) is 4.74 Å². The molecule has 1 rings (SSSR count). The van der Waals surface area contributed by atoms with Gasteiger partial charge in [-0.25, -0.2) is 17.6 Å². The fourth-order valence-electron chi connectivity index (χ4n) is 2.24. The first-order valence-corrected chi connectivity index (χ1v) is 7.45. The van der Waals surface area contributed by atoms with Crippen molar-refractivity contribution in [2.24, 2.45) is 0 Å². The number of hydrogen-bond acceptors (Lipinski definition) is 4. The van der Waals surface area contributed by atoms with Crippen LogP contribution in [-0.4, -0.2) is 29.7 Å². The first-order chi connectivity index (χ1) is 13.6. The van der Waals surface area contributed by atoms with Crippen molar-refractivity contribution in [3.63, 3.8) is 0 Å². The molecule has 30 heavy (non-hydrogen) atoms. The molecule has 0 heterocycles. The van der Waals surface area contributed by atoms with E-state index in [1.807, 2.05) is 0 Å². The maximum Gasteiger partial charge on any atom is 0.439 e. The van der Waals surface area contributed by atoms with Gasteiger partial charge in [-0.15, -0.1) is 0 Å². The SMILES string of the molecule is CCOC(/C=C(\O)C(F)(C(F)(F)F)C(F)(F)F)c1c(F)c(F)c(C#N)c(C#N)c1F. The van der Waals surface area contributed by atoms with Gasteiger partial charge < -0.3 is 9.84 Å². The van der Waals surface area contributed by atoms with Crippen molar-refractivity contribution < 1.29 is 53.7 Å². The smallest absolute Gasteiger partial charge is 0.439 e. The average Bonchev–Trinajstić information content (AvgIpc) is 2.61. The van der Waals surface area contributed by atoms with E-state index in [2.05, 4.69) is 4.74 Å². The lowest BCUT2D eigenvalue weighted by Gasteiger charge is -2.30. The first kappa shape index (κ1) is 25.0. The van der Waals surface area contributed by atoms with Crippen LogP contribution < -0.4 is 0 Å². The molecule has 0 spiro atoms. The molecule has 0 aromatic heterocycles. The van der Waals surface area contributed by atoms with Crippen LogP contribution in [0.5, 0.6) is 0 Å². The molecule has 1 N–H and O–H groups in total. The number of alkyl halides is 7. The van der Waals surface area contributed by atoms with Crippen molar-refractivity contribution in [3.8, 4) is 12.1 Å². The van der Waals surface area contributed by atoms with E-state index in [0.717, 1.165) is 19.1 Å². The van der Waals surface area contributed by atoms with E-state index in [4.69, 9.17) is 10.5 Å². The molecule has 0 aliphatic carbocycles. The zero-order valence-electron chi connectivity index (χ0n) is 14.4. The Labute approximate surface area is 161 Å². The van der Waals surface area contributed by atoms with E-state index in [1.54, 1.807) is 0 Å². The maximum absolute atomic E-state index is 14.4. The van der Waals surface area contributed by atoms with Crippen molar-refractivity contribution in [2.45, 2.75) is 31.0 Å². The summed E-state index contributed by atoms with van der Waals surface area (Å²) in [6.45, 7) is 0.350. The number of allylic oxidation sites excluding steroid dienone is 1.